The summed E-state index contributed by atoms with van der Waals surface area (Å²) in [5.41, 5.74) is 3.10. The molecule has 2 aromatic carbocycles. The smallest absolute Gasteiger partial charge is 0.257 e. The topological polar surface area (TPSA) is 91.6 Å². The molecular weight excluding hydrogens is 442 g/mol. The molecule has 1 aromatic heterocycles. The minimum absolute atomic E-state index is 0.0457. The van der Waals surface area contributed by atoms with Gasteiger partial charge in [0.05, 0.1) is 0 Å². The SMILES string of the molecule is CCN(CC)CCCNC(=O)c1ccc(-c2nc(CCN(C)C(=O)c3ccc(C)cc3)no2)cc1. The number of likely N-dealkylation sites (N-methyl/N-ethyl adjacent to an activating group) is 1. The fraction of sp³-hybridized carbons (Fsp3) is 0.407. The van der Waals surface area contributed by atoms with Gasteiger partial charge in [0.15, 0.2) is 5.82 Å². The lowest BCUT2D eigenvalue weighted by Gasteiger charge is -2.17. The zero-order chi connectivity index (χ0) is 25.2. The van der Waals surface area contributed by atoms with Crippen molar-refractivity contribution in [2.75, 3.05) is 39.8 Å². The number of nitrogens with zero attached hydrogens (tertiary/aromatic N) is 4. The summed E-state index contributed by atoms with van der Waals surface area (Å²) in [5, 5.41) is 7.00. The van der Waals surface area contributed by atoms with E-state index < -0.39 is 0 Å². The summed E-state index contributed by atoms with van der Waals surface area (Å²) in [6.07, 6.45) is 1.40. The second-order valence-electron chi connectivity index (χ2n) is 8.57. The first-order valence-electron chi connectivity index (χ1n) is 12.2. The zero-order valence-electron chi connectivity index (χ0n) is 21.1. The van der Waals surface area contributed by atoms with Gasteiger partial charge in [-0.05, 0) is 69.4 Å². The molecule has 0 saturated heterocycles. The van der Waals surface area contributed by atoms with Gasteiger partial charge in [0, 0.05) is 43.2 Å². The molecule has 2 amide bonds. The fourth-order valence-electron chi connectivity index (χ4n) is 3.67. The van der Waals surface area contributed by atoms with E-state index in [-0.39, 0.29) is 11.8 Å². The molecule has 3 rings (SSSR count). The van der Waals surface area contributed by atoms with E-state index in [0.29, 0.717) is 42.4 Å². The second-order valence-corrected chi connectivity index (χ2v) is 8.57. The number of hydrogen-bond acceptors (Lipinski definition) is 6. The summed E-state index contributed by atoms with van der Waals surface area (Å²) in [5.74, 6) is 0.775. The average molecular weight is 478 g/mol. The Bertz CT molecular complexity index is 1090. The van der Waals surface area contributed by atoms with Crippen molar-refractivity contribution in [1.82, 2.24) is 25.3 Å². The number of benzene rings is 2. The van der Waals surface area contributed by atoms with E-state index in [1.807, 2.05) is 31.2 Å². The van der Waals surface area contributed by atoms with E-state index in [2.05, 4.69) is 34.2 Å². The molecule has 1 heterocycles. The van der Waals surface area contributed by atoms with Gasteiger partial charge < -0.3 is 19.6 Å². The molecule has 35 heavy (non-hydrogen) atoms. The van der Waals surface area contributed by atoms with Crippen LogP contribution in [0, 0.1) is 6.92 Å². The van der Waals surface area contributed by atoms with E-state index in [1.54, 1.807) is 36.2 Å². The maximum absolute atomic E-state index is 12.6. The van der Waals surface area contributed by atoms with Gasteiger partial charge in [0.2, 0.25) is 0 Å². The van der Waals surface area contributed by atoms with E-state index >= 15 is 0 Å². The Kier molecular flexibility index (Phi) is 9.55. The lowest BCUT2D eigenvalue weighted by Crippen LogP contribution is -2.29. The van der Waals surface area contributed by atoms with Crippen molar-refractivity contribution >= 4 is 11.8 Å². The van der Waals surface area contributed by atoms with Gasteiger partial charge in [0.25, 0.3) is 17.7 Å². The molecule has 0 saturated carbocycles. The van der Waals surface area contributed by atoms with Gasteiger partial charge in [-0.15, -0.1) is 0 Å². The van der Waals surface area contributed by atoms with Crippen molar-refractivity contribution in [2.24, 2.45) is 0 Å². The Morgan fingerprint density at radius 2 is 1.60 bits per heavy atom. The van der Waals surface area contributed by atoms with Crippen LogP contribution in [0.5, 0.6) is 0 Å². The molecule has 3 aromatic rings. The molecule has 8 nitrogen and oxygen atoms in total. The highest BCUT2D eigenvalue weighted by atomic mass is 16.5. The minimum atomic E-state index is -0.0939. The lowest BCUT2D eigenvalue weighted by atomic mass is 10.1. The van der Waals surface area contributed by atoms with Gasteiger partial charge in [-0.1, -0.05) is 36.7 Å². The van der Waals surface area contributed by atoms with Gasteiger partial charge in [0.1, 0.15) is 0 Å². The number of aromatic nitrogens is 2. The summed E-state index contributed by atoms with van der Waals surface area (Å²) < 4.78 is 5.39. The van der Waals surface area contributed by atoms with Crippen LogP contribution in [-0.4, -0.2) is 71.5 Å². The number of amides is 2. The van der Waals surface area contributed by atoms with Crippen LogP contribution in [0.4, 0.5) is 0 Å². The van der Waals surface area contributed by atoms with Crippen molar-refractivity contribution < 1.29 is 14.1 Å². The van der Waals surface area contributed by atoms with Crippen LogP contribution < -0.4 is 5.32 Å². The lowest BCUT2D eigenvalue weighted by molar-refractivity contribution is 0.0795. The van der Waals surface area contributed by atoms with Crippen LogP contribution in [0.3, 0.4) is 0 Å². The number of carbonyl (C=O) groups is 2. The van der Waals surface area contributed by atoms with E-state index in [9.17, 15) is 9.59 Å². The molecule has 0 aliphatic carbocycles. The first-order chi connectivity index (χ1) is 16.9. The highest BCUT2D eigenvalue weighted by Gasteiger charge is 2.15. The van der Waals surface area contributed by atoms with Crippen LogP contribution in [0.15, 0.2) is 53.1 Å². The maximum Gasteiger partial charge on any atom is 0.257 e. The Morgan fingerprint density at radius 1 is 0.943 bits per heavy atom. The largest absolute Gasteiger partial charge is 0.352 e. The molecule has 0 spiro atoms. The molecule has 0 aliphatic rings. The molecule has 0 fully saturated rings. The third kappa shape index (κ3) is 7.48. The molecule has 186 valence electrons. The molecule has 0 atom stereocenters. The summed E-state index contributed by atoms with van der Waals surface area (Å²) in [4.78, 5) is 33.4. The van der Waals surface area contributed by atoms with Crippen molar-refractivity contribution in [3.8, 4) is 11.5 Å². The third-order valence-electron chi connectivity index (χ3n) is 6.01. The number of hydrogen-bond donors (Lipinski definition) is 1. The molecular formula is C27H35N5O3. The van der Waals surface area contributed by atoms with E-state index in [1.165, 1.54) is 0 Å². The highest BCUT2D eigenvalue weighted by molar-refractivity contribution is 5.94. The third-order valence-corrected chi connectivity index (χ3v) is 6.01. The highest BCUT2D eigenvalue weighted by Crippen LogP contribution is 2.18. The molecule has 1 N–H and O–H groups in total. The number of rotatable bonds is 12. The van der Waals surface area contributed by atoms with Gasteiger partial charge >= 0.3 is 0 Å². The number of aryl methyl sites for hydroxylation is 1. The van der Waals surface area contributed by atoms with Crippen molar-refractivity contribution in [3.05, 3.63) is 71.0 Å². The Balaban J connectivity index is 1.48. The predicted octanol–water partition coefficient (Wildman–Crippen LogP) is 3.82. The Morgan fingerprint density at radius 3 is 2.26 bits per heavy atom. The second kappa shape index (κ2) is 12.8. The van der Waals surface area contributed by atoms with Crippen LogP contribution >= 0.6 is 0 Å². The summed E-state index contributed by atoms with van der Waals surface area (Å²) in [7, 11) is 1.76. The summed E-state index contributed by atoms with van der Waals surface area (Å²) >= 11 is 0. The Labute approximate surface area is 207 Å². The standard InChI is InChI=1S/C27H35N5O3/c1-5-32(6-2)18-7-17-28-25(33)21-12-14-22(15-13-21)26-29-24(30-35-26)16-19-31(4)27(34)23-10-8-20(3)9-11-23/h8-15H,5-7,16-19H2,1-4H3,(H,28,33). The zero-order valence-corrected chi connectivity index (χ0v) is 21.1. The van der Waals surface area contributed by atoms with Crippen molar-refractivity contribution in [1.29, 1.82) is 0 Å². The quantitative estimate of drug-likeness (QED) is 0.399. The van der Waals surface area contributed by atoms with Crippen LogP contribution in [0.25, 0.3) is 11.5 Å². The fourth-order valence-corrected chi connectivity index (χ4v) is 3.67. The van der Waals surface area contributed by atoms with Crippen LogP contribution in [0.2, 0.25) is 0 Å². The van der Waals surface area contributed by atoms with Gasteiger partial charge in [-0.3, -0.25) is 9.59 Å². The average Bonchev–Trinajstić information content (AvgIpc) is 3.36. The number of carbonyl (C=O) groups excluding carboxylic acids is 2. The number of nitrogens with one attached hydrogen (secondary N) is 1. The molecule has 0 bridgehead atoms. The molecule has 0 unspecified atom stereocenters. The molecule has 0 radical (unpaired) electrons. The molecule has 0 aliphatic heterocycles. The Hall–Kier alpha value is -3.52. The minimum Gasteiger partial charge on any atom is -0.352 e. The van der Waals surface area contributed by atoms with Crippen LogP contribution in [-0.2, 0) is 6.42 Å². The summed E-state index contributed by atoms with van der Waals surface area (Å²) in [6.45, 7) is 10.4. The van der Waals surface area contributed by atoms with Gasteiger partial charge in [-0.25, -0.2) is 0 Å². The van der Waals surface area contributed by atoms with Crippen molar-refractivity contribution in [2.45, 2.75) is 33.6 Å². The summed E-state index contributed by atoms with van der Waals surface area (Å²) in [6, 6.07) is 14.6. The van der Waals surface area contributed by atoms with Gasteiger partial charge in [-0.2, -0.15) is 4.98 Å². The van der Waals surface area contributed by atoms with E-state index in [4.69, 9.17) is 4.52 Å². The van der Waals surface area contributed by atoms with Crippen LogP contribution in [0.1, 0.15) is 52.4 Å². The predicted molar refractivity (Wildman–Crippen MR) is 136 cm³/mol. The monoisotopic (exact) mass is 477 g/mol. The first-order valence-corrected chi connectivity index (χ1v) is 12.2. The molecule has 8 heteroatoms. The first kappa shape index (κ1) is 26.1. The van der Waals surface area contributed by atoms with Crippen molar-refractivity contribution in [3.63, 3.8) is 0 Å². The normalized spacial score (nSPS) is 11.0. The van der Waals surface area contributed by atoms with E-state index in [0.717, 1.165) is 37.2 Å². The maximum atomic E-state index is 12.6.